The first kappa shape index (κ1) is 9.66. The molecule has 4 nitrogen and oxygen atoms in total. The van der Waals surface area contributed by atoms with Crippen LogP contribution in [0.25, 0.3) is 0 Å². The molecule has 1 amide bonds. The SMILES string of the molecule is N#CC1(C(=O)N2CCS(=O)CC2)CC1. The number of rotatable bonds is 1. The summed E-state index contributed by atoms with van der Waals surface area (Å²) in [5.41, 5.74) is -0.709. The molecule has 5 heteroatoms. The Labute approximate surface area is 85.3 Å². The Morgan fingerprint density at radius 2 is 1.93 bits per heavy atom. The molecule has 1 aliphatic heterocycles. The molecule has 1 saturated carbocycles. The fraction of sp³-hybridized carbons (Fsp3) is 0.778. The molecule has 0 atom stereocenters. The van der Waals surface area contributed by atoms with Gasteiger partial charge in [0.05, 0.1) is 6.07 Å². The highest BCUT2D eigenvalue weighted by Gasteiger charge is 2.52. The molecule has 0 bridgehead atoms. The fourth-order valence-electron chi connectivity index (χ4n) is 1.64. The van der Waals surface area contributed by atoms with E-state index in [0.29, 0.717) is 37.4 Å². The smallest absolute Gasteiger partial charge is 0.243 e. The maximum atomic E-state index is 11.8. The zero-order valence-corrected chi connectivity index (χ0v) is 8.68. The van der Waals surface area contributed by atoms with Gasteiger partial charge in [-0.05, 0) is 12.8 Å². The van der Waals surface area contributed by atoms with Crippen LogP contribution in [-0.2, 0) is 15.6 Å². The Hall–Kier alpha value is -0.890. The second-order valence-corrected chi connectivity index (χ2v) is 5.53. The third kappa shape index (κ3) is 1.55. The lowest BCUT2D eigenvalue weighted by Crippen LogP contribution is -2.45. The predicted molar refractivity (Wildman–Crippen MR) is 51.7 cm³/mol. The first-order chi connectivity index (χ1) is 6.68. The predicted octanol–water partition coefficient (Wildman–Crippen LogP) is -0.119. The van der Waals surface area contributed by atoms with Gasteiger partial charge in [0.1, 0.15) is 5.41 Å². The number of amides is 1. The van der Waals surface area contributed by atoms with Crippen LogP contribution < -0.4 is 0 Å². The molecule has 14 heavy (non-hydrogen) atoms. The van der Waals surface area contributed by atoms with Crippen LogP contribution in [0.4, 0.5) is 0 Å². The van der Waals surface area contributed by atoms with Crippen molar-refractivity contribution in [1.29, 1.82) is 5.26 Å². The summed E-state index contributed by atoms with van der Waals surface area (Å²) in [5, 5.41) is 8.85. The van der Waals surface area contributed by atoms with E-state index >= 15 is 0 Å². The molecular formula is C9H12N2O2S. The van der Waals surface area contributed by atoms with Crippen molar-refractivity contribution in [3.63, 3.8) is 0 Å². The number of carbonyl (C=O) groups excluding carboxylic acids is 1. The topological polar surface area (TPSA) is 61.2 Å². The average Bonchev–Trinajstić information content (AvgIpc) is 2.99. The van der Waals surface area contributed by atoms with E-state index in [0.717, 1.165) is 0 Å². The summed E-state index contributed by atoms with van der Waals surface area (Å²) in [6.45, 7) is 1.10. The van der Waals surface area contributed by atoms with Crippen LogP contribution in [0.15, 0.2) is 0 Å². The molecule has 1 heterocycles. The van der Waals surface area contributed by atoms with Crippen LogP contribution in [0, 0.1) is 16.7 Å². The van der Waals surface area contributed by atoms with E-state index in [-0.39, 0.29) is 5.91 Å². The molecule has 0 N–H and O–H groups in total. The Kier molecular flexibility index (Phi) is 2.31. The highest BCUT2D eigenvalue weighted by atomic mass is 32.2. The monoisotopic (exact) mass is 212 g/mol. The van der Waals surface area contributed by atoms with Crippen LogP contribution in [0.5, 0.6) is 0 Å². The number of nitrogens with zero attached hydrogens (tertiary/aromatic N) is 2. The summed E-state index contributed by atoms with van der Waals surface area (Å²) in [4.78, 5) is 13.5. The lowest BCUT2D eigenvalue weighted by molar-refractivity contribution is -0.134. The standard InChI is InChI=1S/C9H12N2O2S/c10-7-9(1-2-9)8(12)11-3-5-14(13)6-4-11/h1-6H2. The van der Waals surface area contributed by atoms with Crippen molar-refractivity contribution < 1.29 is 9.00 Å². The first-order valence-electron chi connectivity index (χ1n) is 4.73. The number of hydrogen-bond donors (Lipinski definition) is 0. The van der Waals surface area contributed by atoms with Gasteiger partial charge in [-0.25, -0.2) is 0 Å². The molecule has 76 valence electrons. The summed E-state index contributed by atoms with van der Waals surface area (Å²) >= 11 is 0. The van der Waals surface area contributed by atoms with E-state index < -0.39 is 16.2 Å². The van der Waals surface area contributed by atoms with Crippen LogP contribution >= 0.6 is 0 Å². The maximum Gasteiger partial charge on any atom is 0.243 e. The quantitative estimate of drug-likeness (QED) is 0.609. The average molecular weight is 212 g/mol. The van der Waals surface area contributed by atoms with Crippen LogP contribution in [-0.4, -0.2) is 39.6 Å². The third-order valence-electron chi connectivity index (χ3n) is 2.84. The largest absolute Gasteiger partial charge is 0.339 e. The molecule has 1 aliphatic carbocycles. The Bertz CT molecular complexity index is 320. The molecular weight excluding hydrogens is 200 g/mol. The zero-order chi connectivity index (χ0) is 10.2. The van der Waals surface area contributed by atoms with E-state index in [2.05, 4.69) is 6.07 Å². The molecule has 2 rings (SSSR count). The van der Waals surface area contributed by atoms with Gasteiger partial charge in [0.25, 0.3) is 0 Å². The highest BCUT2D eigenvalue weighted by Crippen LogP contribution is 2.46. The van der Waals surface area contributed by atoms with E-state index in [1.807, 2.05) is 0 Å². The van der Waals surface area contributed by atoms with E-state index in [1.165, 1.54) is 0 Å². The molecule has 0 unspecified atom stereocenters. The second kappa shape index (κ2) is 3.35. The summed E-state index contributed by atoms with van der Waals surface area (Å²) in [7, 11) is -0.763. The van der Waals surface area contributed by atoms with Crippen molar-refractivity contribution in [1.82, 2.24) is 4.90 Å². The second-order valence-electron chi connectivity index (χ2n) is 3.83. The number of carbonyl (C=O) groups is 1. The van der Waals surface area contributed by atoms with Crippen LogP contribution in [0.3, 0.4) is 0 Å². The van der Waals surface area contributed by atoms with Gasteiger partial charge < -0.3 is 4.90 Å². The summed E-state index contributed by atoms with van der Waals surface area (Å²) in [5.74, 6) is 1.08. The van der Waals surface area contributed by atoms with Crippen LogP contribution in [0.1, 0.15) is 12.8 Å². The minimum Gasteiger partial charge on any atom is -0.339 e. The molecule has 2 fully saturated rings. The van der Waals surface area contributed by atoms with Crippen LogP contribution in [0.2, 0.25) is 0 Å². The first-order valence-corrected chi connectivity index (χ1v) is 6.22. The van der Waals surface area contributed by atoms with E-state index in [4.69, 9.17) is 5.26 Å². The van der Waals surface area contributed by atoms with E-state index in [9.17, 15) is 9.00 Å². The molecule has 0 aromatic carbocycles. The molecule has 2 aliphatic rings. The molecule has 0 aromatic rings. The molecule has 0 aromatic heterocycles. The van der Waals surface area contributed by atoms with Crippen molar-refractivity contribution in [3.05, 3.63) is 0 Å². The Morgan fingerprint density at radius 1 is 1.36 bits per heavy atom. The van der Waals surface area contributed by atoms with Crippen molar-refractivity contribution in [2.45, 2.75) is 12.8 Å². The van der Waals surface area contributed by atoms with Gasteiger partial charge in [-0.2, -0.15) is 5.26 Å². The summed E-state index contributed by atoms with van der Waals surface area (Å²) in [6, 6.07) is 2.09. The fourth-order valence-corrected chi connectivity index (χ4v) is 2.69. The number of nitriles is 1. The van der Waals surface area contributed by atoms with Gasteiger partial charge in [-0.3, -0.25) is 9.00 Å². The minimum atomic E-state index is -0.763. The highest BCUT2D eigenvalue weighted by molar-refractivity contribution is 7.85. The van der Waals surface area contributed by atoms with Gasteiger partial charge in [-0.1, -0.05) is 0 Å². The van der Waals surface area contributed by atoms with Gasteiger partial charge >= 0.3 is 0 Å². The molecule has 0 radical (unpaired) electrons. The van der Waals surface area contributed by atoms with Gasteiger partial charge in [0.2, 0.25) is 5.91 Å². The van der Waals surface area contributed by atoms with Gasteiger partial charge in [0, 0.05) is 35.4 Å². The normalized spacial score (nSPS) is 25.5. The lowest BCUT2D eigenvalue weighted by Gasteiger charge is -2.27. The molecule has 0 spiro atoms. The van der Waals surface area contributed by atoms with Crippen molar-refractivity contribution in [2.75, 3.05) is 24.6 Å². The van der Waals surface area contributed by atoms with Crippen molar-refractivity contribution in [3.8, 4) is 6.07 Å². The molecule has 1 saturated heterocycles. The van der Waals surface area contributed by atoms with Crippen molar-refractivity contribution >= 4 is 16.7 Å². The van der Waals surface area contributed by atoms with Crippen molar-refractivity contribution in [2.24, 2.45) is 5.41 Å². The lowest BCUT2D eigenvalue weighted by atomic mass is 10.1. The summed E-state index contributed by atoms with van der Waals surface area (Å²) in [6.07, 6.45) is 1.39. The van der Waals surface area contributed by atoms with E-state index in [1.54, 1.807) is 4.90 Å². The zero-order valence-electron chi connectivity index (χ0n) is 7.86. The number of hydrogen-bond acceptors (Lipinski definition) is 3. The Balaban J connectivity index is 2.00. The third-order valence-corrected chi connectivity index (χ3v) is 4.11. The summed E-state index contributed by atoms with van der Waals surface area (Å²) < 4.78 is 11.1. The van der Waals surface area contributed by atoms with Gasteiger partial charge in [-0.15, -0.1) is 0 Å². The minimum absolute atomic E-state index is 0.0447. The maximum absolute atomic E-state index is 11.8. The Morgan fingerprint density at radius 3 is 2.36 bits per heavy atom. The van der Waals surface area contributed by atoms with Gasteiger partial charge in [0.15, 0.2) is 0 Å².